The zero-order valence-corrected chi connectivity index (χ0v) is 55.2. The first-order chi connectivity index (χ1) is 37.4. The summed E-state index contributed by atoms with van der Waals surface area (Å²) in [5, 5.41) is 107. The van der Waals surface area contributed by atoms with Gasteiger partial charge in [0, 0.05) is 0 Å². The van der Waals surface area contributed by atoms with Crippen molar-refractivity contribution in [2.45, 2.75) is 184 Å². The number of hydrogen-bond acceptors (Lipinski definition) is 40. The zero-order valence-electron chi connectivity index (χ0n) is 43.9. The predicted octanol–water partition coefficient (Wildman–Crippen LogP) is -25.0. The second kappa shape index (κ2) is 30.9. The molecule has 1 unspecified atom stereocenters. The Morgan fingerprint density at radius 3 is 1.08 bits per heavy atom. The van der Waals surface area contributed by atoms with Crippen LogP contribution in [0.4, 0.5) is 0 Å². The molecular formula is C36H52Na4O40S4. The molecule has 9 heterocycles. The van der Waals surface area contributed by atoms with Crippen LogP contribution in [-0.2, 0) is 125 Å². The van der Waals surface area contributed by atoms with Crippen LogP contribution >= 0.6 is 0 Å². The van der Waals surface area contributed by atoms with Crippen LogP contribution in [0.15, 0.2) is 0 Å². The standard InChI is InChI=1S/C36H56O40S4.4Na/c37-1-7-21(73-77(47,48)49)26(14(41)31(46)62-7)70-33-16(43)25-19(11(66-33)5-60-25)68-34-18(45)28(23(9(3-39)63-34)75-79(53,54)55)72-36-30(76-80(56,57)58)29-20(12(67-36)6-61-29)69-35-17(44)27(22(8(2-38)64-35)74-78(50,51)52)71-32-15(42)24-13(40)10(65-32)4-59-24;;;;/h7-46H,1-6H2,(H,47,48,49)(H,50,51,52)(H,53,54,55)(H,56,57,58);;;;/q;4*+1/p-4/t7-,8+,9-,10+,11-,12+,13-,14?,15+,16-,17-,18+,19+,20+,21+,22-,23+,24+,25+,26+,27-,28+,29+,30+,31+,32+,33-,34-,35-,36-;;;;/m1..../s1. The molecule has 9 aliphatic heterocycles. The third kappa shape index (κ3) is 17.5. The Hall–Kier alpha value is 2.52. The molecule has 84 heavy (non-hydrogen) atoms. The van der Waals surface area contributed by atoms with E-state index in [2.05, 4.69) is 12.5 Å². The first kappa shape index (κ1) is 77.2. The molecule has 0 aromatic heterocycles. The fourth-order valence-corrected chi connectivity index (χ4v) is 12.5. The van der Waals surface area contributed by atoms with Crippen LogP contribution in [0.25, 0.3) is 0 Å². The molecule has 9 aliphatic rings. The average Bonchev–Trinajstić information content (AvgIpc) is 2.51. The zero-order chi connectivity index (χ0) is 58.3. The number of fused-ring (bicyclic) bond motifs is 6. The Kier molecular flexibility index (Phi) is 28.4. The number of aliphatic hydroxyl groups is 10. The van der Waals surface area contributed by atoms with Gasteiger partial charge in [-0.2, -0.15) is 0 Å². The number of hydrogen-bond donors (Lipinski definition) is 10. The smallest absolute Gasteiger partial charge is 0.726 e. The molecule has 40 nitrogen and oxygen atoms in total. The van der Waals surface area contributed by atoms with Gasteiger partial charge in [-0.1, -0.05) is 0 Å². The van der Waals surface area contributed by atoms with Gasteiger partial charge in [0.05, 0.1) is 39.6 Å². The molecule has 0 spiro atoms. The van der Waals surface area contributed by atoms with Crippen molar-refractivity contribution < 1.29 is 304 Å². The van der Waals surface area contributed by atoms with E-state index in [0.717, 1.165) is 0 Å². The molecule has 9 saturated heterocycles. The first-order valence-corrected chi connectivity index (χ1v) is 28.9. The maximum absolute atomic E-state index is 12.3. The topological polar surface area (TPSA) is 597 Å². The minimum atomic E-state index is -5.94. The number of rotatable bonds is 21. The Morgan fingerprint density at radius 2 is 0.643 bits per heavy atom. The van der Waals surface area contributed by atoms with Crippen LogP contribution in [0, 0.1) is 0 Å². The predicted molar refractivity (Wildman–Crippen MR) is 223 cm³/mol. The minimum Gasteiger partial charge on any atom is -0.726 e. The summed E-state index contributed by atoms with van der Waals surface area (Å²) < 4.78 is 240. The van der Waals surface area contributed by atoms with Gasteiger partial charge in [-0.3, -0.25) is 16.7 Å². The van der Waals surface area contributed by atoms with Crippen molar-refractivity contribution in [1.29, 1.82) is 0 Å². The van der Waals surface area contributed by atoms with Gasteiger partial charge >= 0.3 is 118 Å². The molecule has 464 valence electrons. The molecule has 0 aliphatic carbocycles. The second-order valence-corrected chi connectivity index (χ2v) is 23.1. The normalized spacial score (nSPS) is 46.7. The maximum atomic E-state index is 12.3. The largest absolute Gasteiger partial charge is 1.00 e. The van der Waals surface area contributed by atoms with Crippen LogP contribution < -0.4 is 118 Å². The van der Waals surface area contributed by atoms with Crippen molar-refractivity contribution in [2.75, 3.05) is 39.6 Å². The van der Waals surface area contributed by atoms with Gasteiger partial charge in [0.15, 0.2) is 43.8 Å². The SMILES string of the molecule is O=S(=O)([O-])O[C@@H]1[C@@H](O[C@H]2[C@H](O)[C@@H](O[C@@H]3[C@H]4OC[C@H]3O[C@H](O[C@H]3C(O)[C@@H](O)O[C@H](CO)[C@@H]3OS(=O)(=O)[O-])[C@@H]4O)O[C@H](CO)[C@@H]2OS(=O)(=O)[O-])O[C@H]2CO[C@H]1[C@H]2O[C@H]1O[C@@H](CO)[C@@H](OS(=O)(=O)[O-])[C@H](O[C@@H]2O[C@H]3CO[C@H]([C@@H]2O)[C@@H]3O)[C@H]1O.[Na+].[Na+].[Na+].[Na+]. The van der Waals surface area contributed by atoms with Crippen molar-refractivity contribution in [3.05, 3.63) is 0 Å². The Labute approximate surface area is 563 Å². The van der Waals surface area contributed by atoms with Gasteiger partial charge < -0.3 is 136 Å². The van der Waals surface area contributed by atoms with E-state index < -0.39 is 259 Å². The Bertz CT molecular complexity index is 2610. The molecule has 9 fully saturated rings. The van der Waals surface area contributed by atoms with E-state index in [4.69, 9.17) is 70.5 Å². The van der Waals surface area contributed by atoms with Gasteiger partial charge in [0.25, 0.3) is 0 Å². The van der Waals surface area contributed by atoms with Gasteiger partial charge in [-0.15, -0.1) is 0 Å². The van der Waals surface area contributed by atoms with E-state index in [0.29, 0.717) is 0 Å². The quantitative estimate of drug-likeness (QED) is 0.0290. The summed E-state index contributed by atoms with van der Waals surface area (Å²) in [6, 6.07) is 0. The van der Waals surface area contributed by atoms with E-state index >= 15 is 0 Å². The van der Waals surface area contributed by atoms with Crippen LogP contribution in [-0.4, -0.2) is 327 Å². The molecule has 0 aromatic carbocycles. The Balaban J connectivity index is 0.00000323. The van der Waals surface area contributed by atoms with Crippen molar-refractivity contribution >= 4 is 41.6 Å². The molecule has 0 amide bonds. The summed E-state index contributed by atoms with van der Waals surface area (Å²) in [4.78, 5) is 0. The van der Waals surface area contributed by atoms with Crippen molar-refractivity contribution in [2.24, 2.45) is 0 Å². The van der Waals surface area contributed by atoms with Crippen molar-refractivity contribution in [3.8, 4) is 0 Å². The van der Waals surface area contributed by atoms with Crippen LogP contribution in [0.3, 0.4) is 0 Å². The van der Waals surface area contributed by atoms with E-state index in [1.807, 2.05) is 0 Å². The van der Waals surface area contributed by atoms with Crippen molar-refractivity contribution in [1.82, 2.24) is 0 Å². The summed E-state index contributed by atoms with van der Waals surface area (Å²) in [6.45, 7) is -5.10. The molecule has 0 radical (unpaired) electrons. The molecule has 48 heteroatoms. The van der Waals surface area contributed by atoms with E-state index in [-0.39, 0.29) is 125 Å². The summed E-state index contributed by atoms with van der Waals surface area (Å²) in [5.74, 6) is 0. The third-order valence-corrected chi connectivity index (χ3v) is 15.8. The molecule has 30 atom stereocenters. The molecular weight excluding hydrogens is 1290 g/mol. The van der Waals surface area contributed by atoms with E-state index in [1.165, 1.54) is 0 Å². The number of ether oxygens (including phenoxy) is 14. The van der Waals surface area contributed by atoms with Gasteiger partial charge in [0.1, 0.15) is 140 Å². The monoisotopic (exact) mass is 1340 g/mol. The van der Waals surface area contributed by atoms with Crippen LogP contribution in [0.5, 0.6) is 0 Å². The van der Waals surface area contributed by atoms with Crippen LogP contribution in [0.2, 0.25) is 0 Å². The number of aliphatic hydroxyl groups excluding tert-OH is 10. The second-order valence-electron chi connectivity index (χ2n) is 19.0. The molecule has 0 saturated carbocycles. The minimum absolute atomic E-state index is 0. The first-order valence-electron chi connectivity index (χ1n) is 23.6. The summed E-state index contributed by atoms with van der Waals surface area (Å²) in [6.07, 6.45) is -59.8. The molecule has 10 N–H and O–H groups in total. The fraction of sp³-hybridized carbons (Fsp3) is 1.00. The third-order valence-electron chi connectivity index (χ3n) is 14.0. The molecule has 9 rings (SSSR count). The van der Waals surface area contributed by atoms with Gasteiger partial charge in [0.2, 0.25) is 41.6 Å². The fourth-order valence-electron chi connectivity index (χ4n) is 10.5. The van der Waals surface area contributed by atoms with E-state index in [1.54, 1.807) is 0 Å². The average molecular weight is 1350 g/mol. The van der Waals surface area contributed by atoms with Crippen molar-refractivity contribution in [3.63, 3.8) is 0 Å². The summed E-state index contributed by atoms with van der Waals surface area (Å²) in [5.41, 5.74) is 0. The Morgan fingerprint density at radius 1 is 0.333 bits per heavy atom. The maximum Gasteiger partial charge on any atom is 1.00 e. The van der Waals surface area contributed by atoms with E-state index in [9.17, 15) is 103 Å². The van der Waals surface area contributed by atoms with Gasteiger partial charge in [-0.25, -0.2) is 33.7 Å². The summed E-state index contributed by atoms with van der Waals surface area (Å²) >= 11 is 0. The van der Waals surface area contributed by atoms with Gasteiger partial charge in [-0.05, 0) is 0 Å². The molecule has 6 bridgehead atoms. The van der Waals surface area contributed by atoms with Crippen LogP contribution in [0.1, 0.15) is 0 Å². The molecule has 0 aromatic rings. The summed E-state index contributed by atoms with van der Waals surface area (Å²) in [7, 11) is -23.2.